The van der Waals surface area contributed by atoms with Crippen molar-refractivity contribution in [3.63, 3.8) is 0 Å². The van der Waals surface area contributed by atoms with Crippen LogP contribution < -0.4 is 10.6 Å². The van der Waals surface area contributed by atoms with Crippen LogP contribution >= 0.6 is 24.0 Å². The molecule has 0 aliphatic rings. The molecule has 0 radical (unpaired) electrons. The van der Waals surface area contributed by atoms with Crippen LogP contribution in [0.15, 0.2) is 9.52 Å². The van der Waals surface area contributed by atoms with E-state index >= 15 is 0 Å². The number of guanidine groups is 1. The van der Waals surface area contributed by atoms with Crippen LogP contribution in [0.25, 0.3) is 0 Å². The summed E-state index contributed by atoms with van der Waals surface area (Å²) in [6.45, 7) is 5.72. The Morgan fingerprint density at radius 1 is 1.33 bits per heavy atom. The summed E-state index contributed by atoms with van der Waals surface area (Å²) in [5, 5.41) is 10.2. The van der Waals surface area contributed by atoms with Gasteiger partial charge in [0.05, 0.1) is 0 Å². The van der Waals surface area contributed by atoms with Crippen molar-refractivity contribution in [2.24, 2.45) is 4.99 Å². The van der Waals surface area contributed by atoms with Gasteiger partial charge in [-0.3, -0.25) is 4.99 Å². The van der Waals surface area contributed by atoms with Gasteiger partial charge in [-0.25, -0.2) is 0 Å². The highest BCUT2D eigenvalue weighted by Crippen LogP contribution is 1.98. The van der Waals surface area contributed by atoms with E-state index in [0.29, 0.717) is 11.7 Å². The molecular weight excluding hydrogens is 345 g/mol. The molecule has 7 heteroatoms. The van der Waals surface area contributed by atoms with E-state index in [1.807, 2.05) is 6.92 Å². The summed E-state index contributed by atoms with van der Waals surface area (Å²) in [6, 6.07) is 0. The molecule has 0 saturated carbocycles. The summed E-state index contributed by atoms with van der Waals surface area (Å²) in [6.07, 6.45) is 2.81. The third-order valence-electron chi connectivity index (χ3n) is 2.20. The summed E-state index contributed by atoms with van der Waals surface area (Å²) < 4.78 is 5.03. The van der Waals surface area contributed by atoms with E-state index in [0.717, 1.165) is 38.3 Å². The minimum absolute atomic E-state index is 0. The Labute approximate surface area is 125 Å². The molecule has 1 rings (SSSR count). The van der Waals surface area contributed by atoms with Crippen molar-refractivity contribution in [3.8, 4) is 0 Å². The lowest BCUT2D eigenvalue weighted by Gasteiger charge is -2.10. The molecule has 0 bridgehead atoms. The molecule has 0 aromatic carbocycles. The Morgan fingerprint density at radius 3 is 2.61 bits per heavy atom. The monoisotopic (exact) mass is 367 g/mol. The number of hydrogen-bond donors (Lipinski definition) is 2. The first-order valence-electron chi connectivity index (χ1n) is 6.00. The van der Waals surface area contributed by atoms with Gasteiger partial charge in [0.25, 0.3) is 0 Å². The first-order valence-corrected chi connectivity index (χ1v) is 6.00. The second-order valence-electron chi connectivity index (χ2n) is 3.76. The van der Waals surface area contributed by atoms with E-state index < -0.39 is 0 Å². The molecule has 6 nitrogen and oxygen atoms in total. The zero-order valence-electron chi connectivity index (χ0n) is 11.2. The van der Waals surface area contributed by atoms with Gasteiger partial charge in [-0.1, -0.05) is 12.1 Å². The summed E-state index contributed by atoms with van der Waals surface area (Å²) in [4.78, 5) is 8.26. The number of aryl methyl sites for hydroxylation is 2. The van der Waals surface area contributed by atoms with Gasteiger partial charge in [-0.05, 0) is 19.8 Å². The van der Waals surface area contributed by atoms with Crippen LogP contribution in [-0.4, -0.2) is 36.2 Å². The predicted octanol–water partition coefficient (Wildman–Crippen LogP) is 1.50. The molecule has 0 saturated heterocycles. The molecule has 2 N–H and O–H groups in total. The van der Waals surface area contributed by atoms with E-state index in [9.17, 15) is 0 Å². The van der Waals surface area contributed by atoms with E-state index in [4.69, 9.17) is 4.52 Å². The molecule has 104 valence electrons. The summed E-state index contributed by atoms with van der Waals surface area (Å²) >= 11 is 0. The van der Waals surface area contributed by atoms with Gasteiger partial charge in [0.15, 0.2) is 11.8 Å². The second-order valence-corrected chi connectivity index (χ2v) is 3.76. The third-order valence-corrected chi connectivity index (χ3v) is 2.20. The van der Waals surface area contributed by atoms with Crippen LogP contribution in [0.3, 0.4) is 0 Å². The number of aromatic nitrogens is 2. The van der Waals surface area contributed by atoms with Crippen LogP contribution in [0.5, 0.6) is 0 Å². The summed E-state index contributed by atoms with van der Waals surface area (Å²) in [5.74, 6) is 2.22. The molecule has 1 aromatic rings. The first kappa shape index (κ1) is 17.1. The number of nitrogens with one attached hydrogen (secondary N) is 2. The van der Waals surface area contributed by atoms with Crippen LogP contribution in [-0.2, 0) is 6.42 Å². The second kappa shape index (κ2) is 10.1. The Kier molecular flexibility index (Phi) is 9.62. The lowest BCUT2D eigenvalue weighted by atomic mass is 10.3. The van der Waals surface area contributed by atoms with Crippen LogP contribution in [0.4, 0.5) is 0 Å². The van der Waals surface area contributed by atoms with Gasteiger partial charge >= 0.3 is 0 Å². The van der Waals surface area contributed by atoms with E-state index in [2.05, 4.69) is 32.7 Å². The van der Waals surface area contributed by atoms with Gasteiger partial charge in [0.1, 0.15) is 0 Å². The zero-order valence-corrected chi connectivity index (χ0v) is 13.5. The standard InChI is InChI=1S/C11H21N5O.HI/c1-4-7-13-11(12-3)14-8-5-6-10-15-9(2)16-17-10;/h4-8H2,1-3H3,(H2,12,13,14);1H. The molecular formula is C11H22IN5O. The Balaban J connectivity index is 0.00000289. The van der Waals surface area contributed by atoms with Gasteiger partial charge < -0.3 is 15.2 Å². The van der Waals surface area contributed by atoms with Gasteiger partial charge in [-0.2, -0.15) is 4.98 Å². The van der Waals surface area contributed by atoms with Crippen molar-refractivity contribution in [2.45, 2.75) is 33.1 Å². The van der Waals surface area contributed by atoms with Crippen molar-refractivity contribution in [2.75, 3.05) is 20.1 Å². The maximum atomic E-state index is 5.03. The smallest absolute Gasteiger partial charge is 0.226 e. The van der Waals surface area contributed by atoms with E-state index in [1.165, 1.54) is 0 Å². The van der Waals surface area contributed by atoms with Crippen molar-refractivity contribution < 1.29 is 4.52 Å². The van der Waals surface area contributed by atoms with E-state index in [-0.39, 0.29) is 24.0 Å². The number of nitrogens with zero attached hydrogens (tertiary/aromatic N) is 3. The number of aliphatic imine (C=N–C) groups is 1. The van der Waals surface area contributed by atoms with Gasteiger partial charge in [0, 0.05) is 26.6 Å². The molecule has 1 heterocycles. The quantitative estimate of drug-likeness (QED) is 0.345. The van der Waals surface area contributed by atoms with Crippen molar-refractivity contribution in [3.05, 3.63) is 11.7 Å². The highest BCUT2D eigenvalue weighted by molar-refractivity contribution is 14.0. The lowest BCUT2D eigenvalue weighted by Crippen LogP contribution is -2.38. The van der Waals surface area contributed by atoms with Gasteiger partial charge in [-0.15, -0.1) is 24.0 Å². The third kappa shape index (κ3) is 6.77. The molecule has 0 aliphatic carbocycles. The molecule has 0 spiro atoms. The van der Waals surface area contributed by atoms with E-state index in [1.54, 1.807) is 7.05 Å². The molecule has 0 aliphatic heterocycles. The topological polar surface area (TPSA) is 75.3 Å². The fraction of sp³-hybridized carbons (Fsp3) is 0.727. The van der Waals surface area contributed by atoms with Gasteiger partial charge in [0.2, 0.25) is 5.89 Å². The van der Waals surface area contributed by atoms with Crippen LogP contribution in [0.2, 0.25) is 0 Å². The predicted molar refractivity (Wildman–Crippen MR) is 82.4 cm³/mol. The van der Waals surface area contributed by atoms with Crippen molar-refractivity contribution >= 4 is 29.9 Å². The Bertz CT molecular complexity index is 353. The molecule has 18 heavy (non-hydrogen) atoms. The maximum Gasteiger partial charge on any atom is 0.226 e. The molecule has 1 aromatic heterocycles. The fourth-order valence-corrected chi connectivity index (χ4v) is 1.35. The molecule has 0 atom stereocenters. The first-order chi connectivity index (χ1) is 8.26. The minimum atomic E-state index is 0. The van der Waals surface area contributed by atoms with Crippen molar-refractivity contribution in [1.82, 2.24) is 20.8 Å². The minimum Gasteiger partial charge on any atom is -0.356 e. The Hall–Kier alpha value is -0.860. The van der Waals surface area contributed by atoms with Crippen LogP contribution in [0.1, 0.15) is 31.5 Å². The fourth-order valence-electron chi connectivity index (χ4n) is 1.35. The summed E-state index contributed by atoms with van der Waals surface area (Å²) in [5.41, 5.74) is 0. The normalized spacial score (nSPS) is 10.9. The number of rotatable bonds is 6. The average Bonchev–Trinajstić information content (AvgIpc) is 2.74. The Morgan fingerprint density at radius 2 is 2.06 bits per heavy atom. The average molecular weight is 367 g/mol. The molecule has 0 unspecified atom stereocenters. The van der Waals surface area contributed by atoms with Crippen LogP contribution in [0, 0.1) is 6.92 Å². The van der Waals surface area contributed by atoms with Crippen molar-refractivity contribution in [1.29, 1.82) is 0 Å². The SMILES string of the molecule is CCCNC(=NC)NCCCc1nc(C)no1.I. The lowest BCUT2D eigenvalue weighted by molar-refractivity contribution is 0.372. The summed E-state index contributed by atoms with van der Waals surface area (Å²) in [7, 11) is 1.77. The molecule has 0 fully saturated rings. The number of halogens is 1. The highest BCUT2D eigenvalue weighted by Gasteiger charge is 2.02. The number of hydrogen-bond acceptors (Lipinski definition) is 4. The maximum absolute atomic E-state index is 5.03. The zero-order chi connectivity index (χ0) is 12.5. The molecule has 0 amide bonds. The highest BCUT2D eigenvalue weighted by atomic mass is 127. The largest absolute Gasteiger partial charge is 0.356 e.